The summed E-state index contributed by atoms with van der Waals surface area (Å²) in [6, 6.07) is 11.8. The predicted molar refractivity (Wildman–Crippen MR) is 111 cm³/mol. The van der Waals surface area contributed by atoms with Gasteiger partial charge in [0.2, 0.25) is 5.91 Å². The van der Waals surface area contributed by atoms with E-state index in [-0.39, 0.29) is 36.7 Å². The van der Waals surface area contributed by atoms with Crippen LogP contribution in [0.4, 0.5) is 0 Å². The Kier molecular flexibility index (Phi) is 6.74. The van der Waals surface area contributed by atoms with Crippen molar-refractivity contribution < 1.29 is 9.53 Å². The first-order valence-electron chi connectivity index (χ1n) is 9.55. The molecule has 3 aromatic rings. The van der Waals surface area contributed by atoms with Crippen molar-refractivity contribution in [2.75, 3.05) is 13.7 Å². The lowest BCUT2D eigenvalue weighted by molar-refractivity contribution is -0.121. The number of hydrogen-bond donors (Lipinski definition) is 1. The van der Waals surface area contributed by atoms with Gasteiger partial charge < -0.3 is 10.1 Å². The van der Waals surface area contributed by atoms with Crippen molar-refractivity contribution in [1.29, 1.82) is 0 Å². The molecule has 156 valence electrons. The van der Waals surface area contributed by atoms with Crippen molar-refractivity contribution in [2.24, 2.45) is 0 Å². The summed E-state index contributed by atoms with van der Waals surface area (Å²) in [6.07, 6.45) is 2.02. The zero-order valence-electron chi connectivity index (χ0n) is 16.9. The molecule has 1 aromatic carbocycles. The third-order valence-corrected chi connectivity index (χ3v) is 4.51. The van der Waals surface area contributed by atoms with Gasteiger partial charge in [-0.05, 0) is 36.8 Å². The second-order valence-electron chi connectivity index (χ2n) is 6.56. The van der Waals surface area contributed by atoms with Crippen LogP contribution in [-0.2, 0) is 24.3 Å². The summed E-state index contributed by atoms with van der Waals surface area (Å²) in [4.78, 5) is 40.3. The Morgan fingerprint density at radius 3 is 2.53 bits per heavy atom. The summed E-state index contributed by atoms with van der Waals surface area (Å²) in [7, 11) is 1.59. The van der Waals surface area contributed by atoms with Gasteiger partial charge in [-0.25, -0.2) is 9.67 Å². The molecule has 0 aliphatic heterocycles. The van der Waals surface area contributed by atoms with E-state index in [0.29, 0.717) is 17.8 Å². The smallest absolute Gasteiger partial charge is 0.266 e. The first-order chi connectivity index (χ1) is 14.5. The van der Waals surface area contributed by atoms with Crippen LogP contribution in [0.15, 0.2) is 58.4 Å². The molecule has 2 aromatic heterocycles. The Hall–Kier alpha value is -3.75. The standard InChI is InChI=1S/C21H23N5O4/c1-3-16-12-21(29)25(14-23-16)13-19(27)22-10-11-26-20(28)9-8-18(24-26)15-4-6-17(30-2)7-5-15/h4-9,12,14H,3,10-11,13H2,1-2H3,(H,22,27). The molecule has 0 spiro atoms. The van der Waals surface area contributed by atoms with Crippen LogP contribution in [0.25, 0.3) is 11.3 Å². The van der Waals surface area contributed by atoms with E-state index in [4.69, 9.17) is 4.74 Å². The molecular formula is C21H23N5O4. The summed E-state index contributed by atoms with van der Waals surface area (Å²) < 4.78 is 7.68. The molecule has 2 heterocycles. The maximum atomic E-state index is 12.1. The Morgan fingerprint density at radius 2 is 1.87 bits per heavy atom. The predicted octanol–water partition coefficient (Wildman–Crippen LogP) is 0.854. The second kappa shape index (κ2) is 9.64. The van der Waals surface area contributed by atoms with E-state index < -0.39 is 0 Å². The maximum absolute atomic E-state index is 12.1. The van der Waals surface area contributed by atoms with E-state index in [1.165, 1.54) is 27.7 Å². The molecule has 30 heavy (non-hydrogen) atoms. The topological polar surface area (TPSA) is 108 Å². The molecule has 9 nitrogen and oxygen atoms in total. The number of aryl methyl sites for hydroxylation is 1. The van der Waals surface area contributed by atoms with Crippen LogP contribution in [0.5, 0.6) is 5.75 Å². The number of nitrogens with one attached hydrogen (secondary N) is 1. The van der Waals surface area contributed by atoms with Crippen molar-refractivity contribution in [3.63, 3.8) is 0 Å². The number of carbonyl (C=O) groups is 1. The summed E-state index contributed by atoms with van der Waals surface area (Å²) in [5.74, 6) is 0.385. The first-order valence-corrected chi connectivity index (χ1v) is 9.55. The van der Waals surface area contributed by atoms with Crippen molar-refractivity contribution in [3.05, 3.63) is 75.2 Å². The fourth-order valence-corrected chi connectivity index (χ4v) is 2.81. The third-order valence-electron chi connectivity index (χ3n) is 4.51. The summed E-state index contributed by atoms with van der Waals surface area (Å²) in [5.41, 5.74) is 1.62. The minimum absolute atomic E-state index is 0.135. The third kappa shape index (κ3) is 5.19. The van der Waals surface area contributed by atoms with Gasteiger partial charge in [0.25, 0.3) is 11.1 Å². The highest BCUT2D eigenvalue weighted by molar-refractivity contribution is 5.75. The van der Waals surface area contributed by atoms with E-state index in [1.54, 1.807) is 13.2 Å². The SMILES string of the molecule is CCc1cc(=O)n(CC(=O)NCCn2nc(-c3ccc(OC)cc3)ccc2=O)cn1. The molecular weight excluding hydrogens is 386 g/mol. The van der Waals surface area contributed by atoms with E-state index in [2.05, 4.69) is 15.4 Å². The molecule has 0 saturated carbocycles. The van der Waals surface area contributed by atoms with Crippen molar-refractivity contribution in [1.82, 2.24) is 24.6 Å². The fraction of sp³-hybridized carbons (Fsp3) is 0.286. The number of rotatable bonds is 8. The molecule has 0 aliphatic carbocycles. The van der Waals surface area contributed by atoms with E-state index in [0.717, 1.165) is 11.3 Å². The molecule has 0 unspecified atom stereocenters. The lowest BCUT2D eigenvalue weighted by atomic mass is 10.1. The van der Waals surface area contributed by atoms with Gasteiger partial charge in [-0.2, -0.15) is 5.10 Å². The number of methoxy groups -OCH3 is 1. The lowest BCUT2D eigenvalue weighted by Crippen LogP contribution is -2.36. The molecule has 0 atom stereocenters. The lowest BCUT2D eigenvalue weighted by Gasteiger charge is -2.10. The minimum Gasteiger partial charge on any atom is -0.497 e. The van der Waals surface area contributed by atoms with Gasteiger partial charge in [0.05, 0.1) is 25.7 Å². The Labute approximate surface area is 173 Å². The minimum atomic E-state index is -0.345. The normalized spacial score (nSPS) is 10.6. The summed E-state index contributed by atoms with van der Waals surface area (Å²) >= 11 is 0. The molecule has 1 N–H and O–H groups in total. The van der Waals surface area contributed by atoms with Gasteiger partial charge in [0.15, 0.2) is 0 Å². The number of nitrogens with zero attached hydrogens (tertiary/aromatic N) is 4. The number of carbonyl (C=O) groups excluding carboxylic acids is 1. The molecule has 0 bridgehead atoms. The van der Waals surface area contributed by atoms with Crippen LogP contribution in [0.2, 0.25) is 0 Å². The molecule has 0 radical (unpaired) electrons. The van der Waals surface area contributed by atoms with Crippen molar-refractivity contribution in [2.45, 2.75) is 26.4 Å². The number of benzene rings is 1. The van der Waals surface area contributed by atoms with E-state index >= 15 is 0 Å². The maximum Gasteiger partial charge on any atom is 0.266 e. The summed E-state index contributed by atoms with van der Waals surface area (Å²) in [6.45, 7) is 2.17. The number of ether oxygens (including phenoxy) is 1. The van der Waals surface area contributed by atoms with E-state index in [9.17, 15) is 14.4 Å². The van der Waals surface area contributed by atoms with Gasteiger partial charge in [0.1, 0.15) is 12.3 Å². The van der Waals surface area contributed by atoms with Crippen molar-refractivity contribution >= 4 is 5.91 Å². The van der Waals surface area contributed by atoms with Crippen LogP contribution >= 0.6 is 0 Å². The van der Waals surface area contributed by atoms with Gasteiger partial charge in [-0.3, -0.25) is 19.0 Å². The number of amides is 1. The van der Waals surface area contributed by atoms with Crippen LogP contribution in [0.3, 0.4) is 0 Å². The van der Waals surface area contributed by atoms with Crippen LogP contribution in [0.1, 0.15) is 12.6 Å². The monoisotopic (exact) mass is 409 g/mol. The molecule has 9 heteroatoms. The number of aromatic nitrogens is 4. The second-order valence-corrected chi connectivity index (χ2v) is 6.56. The highest BCUT2D eigenvalue weighted by Crippen LogP contribution is 2.19. The molecule has 0 saturated heterocycles. The van der Waals surface area contributed by atoms with Crippen LogP contribution in [0, 0.1) is 0 Å². The molecule has 0 fully saturated rings. The first kappa shape index (κ1) is 21.0. The van der Waals surface area contributed by atoms with Crippen LogP contribution < -0.4 is 21.2 Å². The average Bonchev–Trinajstić information content (AvgIpc) is 2.76. The largest absolute Gasteiger partial charge is 0.497 e. The molecule has 1 amide bonds. The zero-order valence-corrected chi connectivity index (χ0v) is 16.9. The Balaban J connectivity index is 1.60. The quantitative estimate of drug-likeness (QED) is 0.591. The zero-order chi connectivity index (χ0) is 21.5. The fourth-order valence-electron chi connectivity index (χ4n) is 2.81. The molecule has 3 rings (SSSR count). The molecule has 0 aliphatic rings. The summed E-state index contributed by atoms with van der Waals surface area (Å²) in [5, 5.41) is 7.05. The van der Waals surface area contributed by atoms with E-state index in [1.807, 2.05) is 31.2 Å². The van der Waals surface area contributed by atoms with Gasteiger partial charge >= 0.3 is 0 Å². The van der Waals surface area contributed by atoms with Gasteiger partial charge in [-0.1, -0.05) is 6.92 Å². The van der Waals surface area contributed by atoms with Crippen molar-refractivity contribution in [3.8, 4) is 17.0 Å². The van der Waals surface area contributed by atoms with Gasteiger partial charge in [-0.15, -0.1) is 0 Å². The Morgan fingerprint density at radius 1 is 1.10 bits per heavy atom. The highest BCUT2D eigenvalue weighted by atomic mass is 16.5. The average molecular weight is 409 g/mol. The van der Waals surface area contributed by atoms with Gasteiger partial charge in [0, 0.05) is 29.9 Å². The Bertz CT molecular complexity index is 1140. The van der Waals surface area contributed by atoms with Crippen LogP contribution in [-0.4, -0.2) is 38.9 Å². The highest BCUT2D eigenvalue weighted by Gasteiger charge is 2.07. The number of hydrogen-bond acceptors (Lipinski definition) is 6.